The Morgan fingerprint density at radius 2 is 1.78 bits per heavy atom. The van der Waals surface area contributed by atoms with E-state index in [1.807, 2.05) is 6.08 Å². The van der Waals surface area contributed by atoms with E-state index in [1.54, 1.807) is 0 Å². The average molecular weight is 315 g/mol. The Morgan fingerprint density at radius 1 is 1.04 bits per heavy atom. The van der Waals surface area contributed by atoms with E-state index in [0.717, 1.165) is 11.8 Å². The van der Waals surface area contributed by atoms with Crippen molar-refractivity contribution in [1.29, 1.82) is 0 Å². The van der Waals surface area contributed by atoms with Crippen LogP contribution in [0.25, 0.3) is 6.08 Å². The van der Waals surface area contributed by atoms with E-state index in [0.29, 0.717) is 0 Å². The molecule has 0 heteroatoms. The highest BCUT2D eigenvalue weighted by Crippen LogP contribution is 2.23. The molecular formula is C23H38. The normalized spacial score (nSPS) is 13.7. The van der Waals surface area contributed by atoms with Crippen LogP contribution in [0.5, 0.6) is 0 Å². The first-order valence-corrected chi connectivity index (χ1v) is 9.82. The molecule has 0 saturated carbocycles. The first-order valence-electron chi connectivity index (χ1n) is 9.82. The van der Waals surface area contributed by atoms with Crippen LogP contribution in [-0.4, -0.2) is 0 Å². The van der Waals surface area contributed by atoms with Gasteiger partial charge < -0.3 is 0 Å². The smallest absolute Gasteiger partial charge is 0.0233 e. The van der Waals surface area contributed by atoms with E-state index in [4.69, 9.17) is 0 Å². The summed E-state index contributed by atoms with van der Waals surface area (Å²) < 4.78 is 0. The quantitative estimate of drug-likeness (QED) is 0.372. The average Bonchev–Trinajstić information content (AvgIpc) is 2.54. The predicted molar refractivity (Wildman–Crippen MR) is 106 cm³/mol. The second kappa shape index (κ2) is 11.5. The summed E-state index contributed by atoms with van der Waals surface area (Å²) in [5.41, 5.74) is 4.11. The molecule has 0 bridgehead atoms. The van der Waals surface area contributed by atoms with Gasteiger partial charge in [-0.05, 0) is 48.3 Å². The molecule has 1 aromatic carbocycles. The fraction of sp³-hybridized carbons (Fsp3) is 0.652. The third-order valence-corrected chi connectivity index (χ3v) is 5.30. The van der Waals surface area contributed by atoms with Gasteiger partial charge in [0, 0.05) is 0 Å². The van der Waals surface area contributed by atoms with Crippen molar-refractivity contribution >= 4 is 6.08 Å². The molecule has 0 aromatic heterocycles. The van der Waals surface area contributed by atoms with Crippen molar-refractivity contribution in [3.8, 4) is 0 Å². The molecule has 130 valence electrons. The molecule has 23 heavy (non-hydrogen) atoms. The molecule has 1 aromatic rings. The second-order valence-corrected chi connectivity index (χ2v) is 7.39. The van der Waals surface area contributed by atoms with Crippen molar-refractivity contribution in [3.63, 3.8) is 0 Å². The summed E-state index contributed by atoms with van der Waals surface area (Å²) in [5.74, 6) is 1.85. The van der Waals surface area contributed by atoms with E-state index in [-0.39, 0.29) is 0 Å². The summed E-state index contributed by atoms with van der Waals surface area (Å²) in [4.78, 5) is 0. The molecule has 0 saturated heterocycles. The molecule has 0 heterocycles. The first-order chi connectivity index (χ1) is 11.1. The van der Waals surface area contributed by atoms with Crippen molar-refractivity contribution in [2.24, 2.45) is 11.8 Å². The van der Waals surface area contributed by atoms with Crippen molar-refractivity contribution in [3.05, 3.63) is 41.5 Å². The van der Waals surface area contributed by atoms with Crippen molar-refractivity contribution in [1.82, 2.24) is 0 Å². The summed E-state index contributed by atoms with van der Waals surface area (Å²) in [5, 5.41) is 0. The molecule has 0 amide bonds. The number of hydrogen-bond acceptors (Lipinski definition) is 0. The zero-order valence-corrected chi connectivity index (χ0v) is 16.0. The molecule has 0 aliphatic carbocycles. The van der Waals surface area contributed by atoms with E-state index in [1.165, 1.54) is 74.5 Å². The van der Waals surface area contributed by atoms with Gasteiger partial charge in [0.2, 0.25) is 0 Å². The first kappa shape index (κ1) is 20.0. The van der Waals surface area contributed by atoms with Gasteiger partial charge in [0.05, 0.1) is 0 Å². The van der Waals surface area contributed by atoms with Crippen LogP contribution >= 0.6 is 0 Å². The Bertz CT molecular complexity index is 443. The fourth-order valence-electron chi connectivity index (χ4n) is 3.66. The predicted octanol–water partition coefficient (Wildman–Crippen LogP) is 7.59. The topological polar surface area (TPSA) is 0 Å². The van der Waals surface area contributed by atoms with Crippen LogP contribution in [0, 0.1) is 18.8 Å². The van der Waals surface area contributed by atoms with Crippen LogP contribution in [0.15, 0.2) is 24.8 Å². The van der Waals surface area contributed by atoms with E-state index in [2.05, 4.69) is 52.5 Å². The number of rotatable bonds is 12. The molecule has 0 spiro atoms. The minimum absolute atomic E-state index is 0.920. The van der Waals surface area contributed by atoms with Crippen molar-refractivity contribution in [2.45, 2.75) is 85.5 Å². The molecule has 2 unspecified atom stereocenters. The molecule has 2 atom stereocenters. The van der Waals surface area contributed by atoms with Crippen LogP contribution in [0.3, 0.4) is 0 Å². The Balaban J connectivity index is 2.29. The molecule has 0 N–H and O–H groups in total. The summed E-state index contributed by atoms with van der Waals surface area (Å²) >= 11 is 0. The van der Waals surface area contributed by atoms with Gasteiger partial charge in [-0.2, -0.15) is 0 Å². The summed E-state index contributed by atoms with van der Waals surface area (Å²) in [6, 6.07) is 6.83. The van der Waals surface area contributed by atoms with Gasteiger partial charge in [-0.3, -0.25) is 0 Å². The number of benzene rings is 1. The SMILES string of the molecule is C=Cc1ccc(CCCC(CC)CCCC(C)CCC)cc1C. The zero-order chi connectivity index (χ0) is 17.1. The zero-order valence-electron chi connectivity index (χ0n) is 16.0. The summed E-state index contributed by atoms with van der Waals surface area (Å²) in [7, 11) is 0. The highest BCUT2D eigenvalue weighted by atomic mass is 14.1. The standard InChI is InChI=1S/C23H38/c1-6-11-19(4)12-9-13-21(7-2)14-10-15-22-16-17-23(8-3)20(5)18-22/h8,16-19,21H,3,6-7,9-15H2,1-2,4-5H3. The molecule has 0 fully saturated rings. The fourth-order valence-corrected chi connectivity index (χ4v) is 3.66. The molecule has 0 aliphatic heterocycles. The lowest BCUT2D eigenvalue weighted by atomic mass is 9.90. The Hall–Kier alpha value is -1.04. The number of aryl methyl sites for hydroxylation is 2. The van der Waals surface area contributed by atoms with Gasteiger partial charge in [-0.25, -0.2) is 0 Å². The highest BCUT2D eigenvalue weighted by Gasteiger charge is 2.08. The maximum absolute atomic E-state index is 3.87. The van der Waals surface area contributed by atoms with Gasteiger partial charge >= 0.3 is 0 Å². The summed E-state index contributed by atoms with van der Waals surface area (Å²) in [6.07, 6.45) is 14.2. The molecule has 0 nitrogen and oxygen atoms in total. The van der Waals surface area contributed by atoms with Crippen LogP contribution < -0.4 is 0 Å². The minimum atomic E-state index is 0.920. The van der Waals surface area contributed by atoms with Gasteiger partial charge in [-0.1, -0.05) is 96.6 Å². The lowest BCUT2D eigenvalue weighted by Crippen LogP contribution is -2.02. The van der Waals surface area contributed by atoms with Crippen molar-refractivity contribution < 1.29 is 0 Å². The second-order valence-electron chi connectivity index (χ2n) is 7.39. The molecular weight excluding hydrogens is 276 g/mol. The monoisotopic (exact) mass is 314 g/mol. The van der Waals surface area contributed by atoms with Gasteiger partial charge in [-0.15, -0.1) is 0 Å². The third-order valence-electron chi connectivity index (χ3n) is 5.30. The maximum Gasteiger partial charge on any atom is -0.0233 e. The third kappa shape index (κ3) is 7.86. The van der Waals surface area contributed by atoms with Crippen LogP contribution in [0.1, 0.15) is 88.8 Å². The van der Waals surface area contributed by atoms with Gasteiger partial charge in [0.1, 0.15) is 0 Å². The highest BCUT2D eigenvalue weighted by molar-refractivity contribution is 5.52. The molecule has 1 rings (SSSR count). The lowest BCUT2D eigenvalue weighted by molar-refractivity contribution is 0.376. The Kier molecular flexibility index (Phi) is 9.99. The van der Waals surface area contributed by atoms with Crippen molar-refractivity contribution in [2.75, 3.05) is 0 Å². The minimum Gasteiger partial charge on any atom is -0.0985 e. The van der Waals surface area contributed by atoms with E-state index < -0.39 is 0 Å². The Morgan fingerprint density at radius 3 is 2.39 bits per heavy atom. The molecule has 0 aliphatic rings. The van der Waals surface area contributed by atoms with E-state index >= 15 is 0 Å². The van der Waals surface area contributed by atoms with E-state index in [9.17, 15) is 0 Å². The van der Waals surface area contributed by atoms with Gasteiger partial charge in [0.25, 0.3) is 0 Å². The Labute approximate surface area is 145 Å². The number of hydrogen-bond donors (Lipinski definition) is 0. The lowest BCUT2D eigenvalue weighted by Gasteiger charge is -2.16. The van der Waals surface area contributed by atoms with Crippen LogP contribution in [-0.2, 0) is 6.42 Å². The molecule has 0 radical (unpaired) electrons. The van der Waals surface area contributed by atoms with Crippen LogP contribution in [0.4, 0.5) is 0 Å². The maximum atomic E-state index is 3.87. The van der Waals surface area contributed by atoms with Gasteiger partial charge in [0.15, 0.2) is 0 Å². The summed E-state index contributed by atoms with van der Waals surface area (Å²) in [6.45, 7) is 13.1. The van der Waals surface area contributed by atoms with Crippen LogP contribution in [0.2, 0.25) is 0 Å². The largest absolute Gasteiger partial charge is 0.0985 e.